The van der Waals surface area contributed by atoms with Gasteiger partial charge in [0.05, 0.1) is 5.71 Å². The van der Waals surface area contributed by atoms with Gasteiger partial charge in [-0.3, -0.25) is 9.59 Å². The Kier molecular flexibility index (Phi) is 5.71. The van der Waals surface area contributed by atoms with E-state index in [-0.39, 0.29) is 18.2 Å². The van der Waals surface area contributed by atoms with E-state index >= 15 is 0 Å². The van der Waals surface area contributed by atoms with Crippen molar-refractivity contribution < 1.29 is 9.59 Å². The highest BCUT2D eigenvalue weighted by molar-refractivity contribution is 8.15. The highest BCUT2D eigenvalue weighted by Crippen LogP contribution is 2.22. The predicted octanol–water partition coefficient (Wildman–Crippen LogP) is 1.52. The molecule has 1 unspecified atom stereocenters. The summed E-state index contributed by atoms with van der Waals surface area (Å²) in [5, 5.41) is 13.5. The first-order valence-electron chi connectivity index (χ1n) is 7.02. The molecule has 1 aromatic rings. The summed E-state index contributed by atoms with van der Waals surface area (Å²) < 4.78 is 0. The van der Waals surface area contributed by atoms with Gasteiger partial charge in [-0.05, 0) is 19.4 Å². The Morgan fingerprint density at radius 3 is 2.77 bits per heavy atom. The van der Waals surface area contributed by atoms with Gasteiger partial charge < -0.3 is 10.6 Å². The molecule has 1 aliphatic heterocycles. The Balaban J connectivity index is 1.99. The van der Waals surface area contributed by atoms with E-state index in [2.05, 4.69) is 20.8 Å². The van der Waals surface area contributed by atoms with Crippen molar-refractivity contribution in [1.82, 2.24) is 10.6 Å². The van der Waals surface area contributed by atoms with E-state index < -0.39 is 5.25 Å². The quantitative estimate of drug-likeness (QED) is 0.638. The molecule has 1 aliphatic rings. The van der Waals surface area contributed by atoms with Gasteiger partial charge in [-0.15, -0.1) is 5.10 Å². The first-order chi connectivity index (χ1) is 10.6. The minimum absolute atomic E-state index is 0.139. The topological polar surface area (TPSA) is 82.9 Å². The van der Waals surface area contributed by atoms with Crippen molar-refractivity contribution in [2.24, 2.45) is 10.2 Å². The van der Waals surface area contributed by atoms with Crippen LogP contribution >= 0.6 is 11.8 Å². The third kappa shape index (κ3) is 4.42. The van der Waals surface area contributed by atoms with Crippen LogP contribution in [0.1, 0.15) is 25.8 Å². The number of hydrogen-bond acceptors (Lipinski definition) is 5. The van der Waals surface area contributed by atoms with Crippen LogP contribution in [0.2, 0.25) is 0 Å². The van der Waals surface area contributed by atoms with E-state index in [9.17, 15) is 9.59 Å². The number of rotatable bonds is 5. The molecule has 1 heterocycles. The second kappa shape index (κ2) is 7.74. The number of carbonyl (C=O) groups is 2. The number of hydrogen-bond donors (Lipinski definition) is 2. The average Bonchev–Trinajstić information content (AvgIpc) is 2.86. The van der Waals surface area contributed by atoms with Gasteiger partial charge in [-0.25, -0.2) is 0 Å². The van der Waals surface area contributed by atoms with E-state index in [1.54, 1.807) is 0 Å². The van der Waals surface area contributed by atoms with Crippen molar-refractivity contribution in [2.75, 3.05) is 6.54 Å². The average molecular weight is 318 g/mol. The zero-order valence-electron chi connectivity index (χ0n) is 12.5. The maximum absolute atomic E-state index is 11.8. The molecule has 1 fully saturated rings. The maximum Gasteiger partial charge on any atom is 0.240 e. The number of amides is 2. The summed E-state index contributed by atoms with van der Waals surface area (Å²) >= 11 is 1.23. The van der Waals surface area contributed by atoms with Crippen molar-refractivity contribution in [3.05, 3.63) is 35.9 Å². The first kappa shape index (κ1) is 16.2. The predicted molar refractivity (Wildman–Crippen MR) is 88.9 cm³/mol. The molecule has 2 N–H and O–H groups in total. The lowest BCUT2D eigenvalue weighted by Gasteiger charge is -2.04. The Morgan fingerprint density at radius 2 is 2.09 bits per heavy atom. The Labute approximate surface area is 133 Å². The molecule has 0 spiro atoms. The summed E-state index contributed by atoms with van der Waals surface area (Å²) in [7, 11) is 0. The lowest BCUT2D eigenvalue weighted by Crippen LogP contribution is -2.31. The third-order valence-corrected chi connectivity index (χ3v) is 4.08. The SMILES string of the molecule is CCNC(=O)CC1SC(=N/N=C(\C)c2ccccc2)NC1=O. The molecule has 22 heavy (non-hydrogen) atoms. The Morgan fingerprint density at radius 1 is 1.36 bits per heavy atom. The number of nitrogens with zero attached hydrogens (tertiary/aromatic N) is 2. The van der Waals surface area contributed by atoms with Gasteiger partial charge in [-0.2, -0.15) is 5.10 Å². The third-order valence-electron chi connectivity index (χ3n) is 3.00. The van der Waals surface area contributed by atoms with Crippen LogP contribution in [0, 0.1) is 0 Å². The Hall–Kier alpha value is -2.15. The minimum Gasteiger partial charge on any atom is -0.356 e. The molecule has 0 radical (unpaired) electrons. The molecule has 0 aliphatic carbocycles. The molecule has 0 bridgehead atoms. The van der Waals surface area contributed by atoms with E-state index in [1.807, 2.05) is 44.2 Å². The molecule has 0 saturated carbocycles. The zero-order chi connectivity index (χ0) is 15.9. The van der Waals surface area contributed by atoms with Gasteiger partial charge in [0.2, 0.25) is 11.8 Å². The summed E-state index contributed by atoms with van der Waals surface area (Å²) in [4.78, 5) is 23.3. The molecular weight excluding hydrogens is 300 g/mol. The molecular formula is C15H18N4O2S. The fourth-order valence-electron chi connectivity index (χ4n) is 1.88. The van der Waals surface area contributed by atoms with Gasteiger partial charge >= 0.3 is 0 Å². The standard InChI is InChI=1S/C15H18N4O2S/c1-3-16-13(20)9-12-14(21)17-15(22-12)19-18-10(2)11-7-5-4-6-8-11/h4-8,12H,3,9H2,1-2H3,(H,16,20)(H,17,19,21)/b18-10+. The summed E-state index contributed by atoms with van der Waals surface area (Å²) in [6.07, 6.45) is 0.144. The summed E-state index contributed by atoms with van der Waals surface area (Å²) in [6.45, 7) is 4.25. The molecule has 1 aromatic carbocycles. The fraction of sp³-hybridized carbons (Fsp3) is 0.333. The molecule has 7 heteroatoms. The lowest BCUT2D eigenvalue weighted by atomic mass is 10.1. The van der Waals surface area contributed by atoms with Crippen LogP contribution in [0.3, 0.4) is 0 Å². The smallest absolute Gasteiger partial charge is 0.240 e. The van der Waals surface area contributed by atoms with Crippen LogP contribution in [0.15, 0.2) is 40.5 Å². The van der Waals surface area contributed by atoms with Crippen molar-refractivity contribution in [2.45, 2.75) is 25.5 Å². The second-order valence-electron chi connectivity index (χ2n) is 4.71. The summed E-state index contributed by atoms with van der Waals surface area (Å²) in [6, 6.07) is 9.67. The minimum atomic E-state index is -0.447. The molecule has 1 saturated heterocycles. The summed E-state index contributed by atoms with van der Waals surface area (Å²) in [5.41, 5.74) is 1.73. The lowest BCUT2D eigenvalue weighted by molar-refractivity contribution is -0.125. The second-order valence-corrected chi connectivity index (χ2v) is 5.90. The van der Waals surface area contributed by atoms with Crippen LogP contribution in [0.5, 0.6) is 0 Å². The number of thioether (sulfide) groups is 1. The van der Waals surface area contributed by atoms with E-state index in [4.69, 9.17) is 0 Å². The Bertz CT molecular complexity index is 613. The van der Waals surface area contributed by atoms with Crippen molar-refractivity contribution in [3.8, 4) is 0 Å². The molecule has 116 valence electrons. The molecule has 6 nitrogen and oxygen atoms in total. The van der Waals surface area contributed by atoms with Crippen molar-refractivity contribution >= 4 is 34.5 Å². The summed E-state index contributed by atoms with van der Waals surface area (Å²) in [5.74, 6) is -0.345. The molecule has 2 rings (SSSR count). The highest BCUT2D eigenvalue weighted by Gasteiger charge is 2.32. The van der Waals surface area contributed by atoms with Crippen LogP contribution in [-0.4, -0.2) is 34.5 Å². The van der Waals surface area contributed by atoms with Crippen LogP contribution in [-0.2, 0) is 9.59 Å². The van der Waals surface area contributed by atoms with Gasteiger partial charge in [-0.1, -0.05) is 42.1 Å². The van der Waals surface area contributed by atoms with Crippen LogP contribution < -0.4 is 10.6 Å². The molecule has 0 aromatic heterocycles. The highest BCUT2D eigenvalue weighted by atomic mass is 32.2. The van der Waals surface area contributed by atoms with Gasteiger partial charge in [0.25, 0.3) is 0 Å². The van der Waals surface area contributed by atoms with Gasteiger partial charge in [0.1, 0.15) is 5.25 Å². The molecule has 2 amide bonds. The van der Waals surface area contributed by atoms with E-state index in [0.29, 0.717) is 11.7 Å². The van der Waals surface area contributed by atoms with Crippen molar-refractivity contribution in [3.63, 3.8) is 0 Å². The van der Waals surface area contributed by atoms with Gasteiger partial charge in [0, 0.05) is 13.0 Å². The van der Waals surface area contributed by atoms with E-state index in [0.717, 1.165) is 11.3 Å². The monoisotopic (exact) mass is 318 g/mol. The fourth-order valence-corrected chi connectivity index (χ4v) is 2.80. The first-order valence-corrected chi connectivity index (χ1v) is 7.90. The largest absolute Gasteiger partial charge is 0.356 e. The normalized spacial score (nSPS) is 20.1. The number of benzene rings is 1. The number of amidine groups is 1. The number of nitrogens with one attached hydrogen (secondary N) is 2. The van der Waals surface area contributed by atoms with Crippen LogP contribution in [0.4, 0.5) is 0 Å². The number of carbonyl (C=O) groups excluding carboxylic acids is 2. The van der Waals surface area contributed by atoms with E-state index in [1.165, 1.54) is 11.8 Å². The maximum atomic E-state index is 11.8. The molecule has 1 atom stereocenters. The van der Waals surface area contributed by atoms with Crippen LogP contribution in [0.25, 0.3) is 0 Å². The van der Waals surface area contributed by atoms with Gasteiger partial charge in [0.15, 0.2) is 5.17 Å². The zero-order valence-corrected chi connectivity index (χ0v) is 13.3. The van der Waals surface area contributed by atoms with Crippen molar-refractivity contribution in [1.29, 1.82) is 0 Å².